The lowest BCUT2D eigenvalue weighted by molar-refractivity contribution is -0.274. The third-order valence-corrected chi connectivity index (χ3v) is 5.35. The number of para-hydroxylation sites is 1. The number of alkyl halides is 3. The number of halogens is 3. The van der Waals surface area contributed by atoms with E-state index in [1.807, 2.05) is 32.0 Å². The SMILES string of the molecule is Cc1cccc(C)c1NC(=O)NSN=Cc1ccc2oc(-c3ccc(OC(F)(F)F)cc3)nc2c1. The molecule has 1 aromatic heterocycles. The highest BCUT2D eigenvalue weighted by Crippen LogP contribution is 2.28. The van der Waals surface area contributed by atoms with Gasteiger partial charge in [0.05, 0.1) is 12.1 Å². The van der Waals surface area contributed by atoms with E-state index < -0.39 is 12.4 Å². The van der Waals surface area contributed by atoms with Gasteiger partial charge >= 0.3 is 12.4 Å². The lowest BCUT2D eigenvalue weighted by Crippen LogP contribution is -2.23. The van der Waals surface area contributed by atoms with Crippen molar-refractivity contribution in [2.24, 2.45) is 4.40 Å². The second-order valence-corrected chi connectivity index (χ2v) is 8.06. The summed E-state index contributed by atoms with van der Waals surface area (Å²) in [4.78, 5) is 16.5. The molecule has 2 amide bonds. The van der Waals surface area contributed by atoms with Gasteiger partial charge in [-0.1, -0.05) is 18.2 Å². The molecule has 3 aromatic carbocycles. The van der Waals surface area contributed by atoms with Crippen LogP contribution in [0.25, 0.3) is 22.6 Å². The van der Waals surface area contributed by atoms with Crippen molar-refractivity contribution in [1.82, 2.24) is 9.71 Å². The van der Waals surface area contributed by atoms with Crippen molar-refractivity contribution in [3.63, 3.8) is 0 Å². The smallest absolute Gasteiger partial charge is 0.436 e. The molecule has 11 heteroatoms. The van der Waals surface area contributed by atoms with Crippen molar-refractivity contribution < 1.29 is 27.1 Å². The molecule has 7 nitrogen and oxygen atoms in total. The number of urea groups is 1. The molecule has 0 bridgehead atoms. The number of aryl methyl sites for hydroxylation is 2. The Morgan fingerprint density at radius 2 is 1.80 bits per heavy atom. The fourth-order valence-corrected chi connectivity index (χ4v) is 3.61. The lowest BCUT2D eigenvalue weighted by atomic mass is 10.1. The standard InChI is InChI=1S/C24H19F3N4O3S/c1-14-4-3-5-15(2)21(14)30-23(32)31-35-28-13-16-6-11-20-19(12-16)29-22(33-20)17-7-9-18(10-8-17)34-24(25,26)27/h3-13H,1-2H3,(H2,30,31,32). The number of aromatic nitrogens is 1. The van der Waals surface area contributed by atoms with Crippen molar-refractivity contribution in [3.8, 4) is 17.2 Å². The number of hydrogen-bond acceptors (Lipinski definition) is 6. The first-order valence-corrected chi connectivity index (χ1v) is 11.0. The van der Waals surface area contributed by atoms with E-state index in [0.29, 0.717) is 16.7 Å². The Kier molecular flexibility index (Phi) is 6.97. The highest BCUT2D eigenvalue weighted by atomic mass is 32.2. The van der Waals surface area contributed by atoms with Crippen LogP contribution < -0.4 is 14.8 Å². The molecule has 0 saturated carbocycles. The zero-order chi connectivity index (χ0) is 25.0. The number of oxazole rings is 1. The van der Waals surface area contributed by atoms with Crippen molar-refractivity contribution in [3.05, 3.63) is 77.4 Å². The Balaban J connectivity index is 1.37. The molecule has 0 fully saturated rings. The van der Waals surface area contributed by atoms with Crippen LogP contribution >= 0.6 is 12.1 Å². The van der Waals surface area contributed by atoms with E-state index in [0.717, 1.165) is 34.5 Å². The molecular formula is C24H19F3N4O3S. The monoisotopic (exact) mass is 500 g/mol. The lowest BCUT2D eigenvalue weighted by Gasteiger charge is -2.10. The Labute approximate surface area is 202 Å². The number of anilines is 1. The predicted molar refractivity (Wildman–Crippen MR) is 129 cm³/mol. The highest BCUT2D eigenvalue weighted by molar-refractivity contribution is 7.96. The summed E-state index contributed by atoms with van der Waals surface area (Å²) in [5.74, 6) is -0.0726. The molecule has 180 valence electrons. The van der Waals surface area contributed by atoms with E-state index in [2.05, 4.69) is 24.2 Å². The molecule has 0 aliphatic heterocycles. The van der Waals surface area contributed by atoms with Gasteiger partial charge in [0, 0.05) is 17.5 Å². The molecule has 4 rings (SSSR count). The summed E-state index contributed by atoms with van der Waals surface area (Å²) in [6.07, 6.45) is -3.20. The van der Waals surface area contributed by atoms with Gasteiger partial charge in [-0.15, -0.1) is 13.2 Å². The van der Waals surface area contributed by atoms with E-state index in [-0.39, 0.29) is 11.6 Å². The topological polar surface area (TPSA) is 88.8 Å². The van der Waals surface area contributed by atoms with Crippen LogP contribution in [0.5, 0.6) is 5.75 Å². The minimum atomic E-state index is -4.76. The normalized spacial score (nSPS) is 11.7. The van der Waals surface area contributed by atoms with Gasteiger partial charge in [-0.05, 0) is 73.0 Å². The largest absolute Gasteiger partial charge is 0.573 e. The quantitative estimate of drug-likeness (QED) is 0.224. The molecule has 1 heterocycles. The highest BCUT2D eigenvalue weighted by Gasteiger charge is 2.31. The fourth-order valence-electron chi connectivity index (χ4n) is 3.25. The zero-order valence-corrected chi connectivity index (χ0v) is 19.3. The molecule has 2 N–H and O–H groups in total. The number of fused-ring (bicyclic) bond motifs is 1. The van der Waals surface area contributed by atoms with E-state index in [1.54, 1.807) is 24.4 Å². The molecule has 0 aliphatic rings. The molecule has 35 heavy (non-hydrogen) atoms. The molecule has 0 aliphatic carbocycles. The number of nitrogens with one attached hydrogen (secondary N) is 2. The second kappa shape index (κ2) is 10.1. The van der Waals surface area contributed by atoms with Crippen LogP contribution in [0.15, 0.2) is 69.5 Å². The number of benzene rings is 3. The number of nitrogens with zero attached hydrogens (tertiary/aromatic N) is 2. The van der Waals surface area contributed by atoms with Gasteiger partial charge in [-0.25, -0.2) is 14.2 Å². The van der Waals surface area contributed by atoms with E-state index in [1.165, 1.54) is 24.3 Å². The van der Waals surface area contributed by atoms with Gasteiger partial charge in [-0.2, -0.15) is 0 Å². The molecule has 0 spiro atoms. The number of carbonyl (C=O) groups excluding carboxylic acids is 1. The minimum absolute atomic E-state index is 0.256. The van der Waals surface area contributed by atoms with Crippen LogP contribution in [-0.4, -0.2) is 23.6 Å². The Bertz CT molecular complexity index is 1370. The first-order valence-electron chi connectivity index (χ1n) is 10.3. The summed E-state index contributed by atoms with van der Waals surface area (Å²) in [7, 11) is 0. The summed E-state index contributed by atoms with van der Waals surface area (Å²) in [6, 6.07) is 15.8. The van der Waals surface area contributed by atoms with E-state index >= 15 is 0 Å². The fraction of sp³-hybridized carbons (Fsp3) is 0.125. The van der Waals surface area contributed by atoms with Gasteiger partial charge in [0.1, 0.15) is 11.3 Å². The van der Waals surface area contributed by atoms with Gasteiger partial charge < -0.3 is 14.5 Å². The number of amides is 2. The number of carbonyl (C=O) groups is 1. The first kappa shape index (κ1) is 24.1. The second-order valence-electron chi connectivity index (χ2n) is 7.47. The van der Waals surface area contributed by atoms with Crippen LogP contribution in [0.1, 0.15) is 16.7 Å². The van der Waals surface area contributed by atoms with Crippen molar-refractivity contribution in [2.45, 2.75) is 20.2 Å². The van der Waals surface area contributed by atoms with Crippen molar-refractivity contribution in [1.29, 1.82) is 0 Å². The van der Waals surface area contributed by atoms with Crippen molar-refractivity contribution in [2.75, 3.05) is 5.32 Å². The van der Waals surface area contributed by atoms with E-state index in [4.69, 9.17) is 4.42 Å². The average Bonchev–Trinajstić information content (AvgIpc) is 3.22. The summed E-state index contributed by atoms with van der Waals surface area (Å²) in [5, 5.41) is 2.80. The van der Waals surface area contributed by atoms with Crippen LogP contribution in [0.2, 0.25) is 0 Å². The molecule has 0 unspecified atom stereocenters. The average molecular weight is 501 g/mol. The van der Waals surface area contributed by atoms with Gasteiger partial charge in [0.15, 0.2) is 5.58 Å². The number of hydrogen-bond donors (Lipinski definition) is 2. The Hall–Kier alpha value is -3.99. The van der Waals surface area contributed by atoms with Gasteiger partial charge in [0.2, 0.25) is 5.89 Å². The summed E-state index contributed by atoms with van der Waals surface area (Å²) in [5.41, 5.74) is 4.94. The first-order chi connectivity index (χ1) is 16.7. The number of rotatable bonds is 6. The molecule has 0 saturated heterocycles. The summed E-state index contributed by atoms with van der Waals surface area (Å²) in [6.45, 7) is 3.83. The van der Waals surface area contributed by atoms with Crippen LogP contribution in [0.3, 0.4) is 0 Å². The molecule has 0 radical (unpaired) electrons. The predicted octanol–water partition coefficient (Wildman–Crippen LogP) is 6.81. The van der Waals surface area contributed by atoms with Crippen LogP contribution in [-0.2, 0) is 0 Å². The molecule has 0 atom stereocenters. The maximum Gasteiger partial charge on any atom is 0.573 e. The molecule has 4 aromatic rings. The summed E-state index contributed by atoms with van der Waals surface area (Å²) < 4.78 is 53.3. The maximum atomic E-state index is 12.3. The van der Waals surface area contributed by atoms with Crippen LogP contribution in [0.4, 0.5) is 23.7 Å². The van der Waals surface area contributed by atoms with Gasteiger partial charge in [0.25, 0.3) is 0 Å². The Morgan fingerprint density at radius 1 is 1.09 bits per heavy atom. The number of ether oxygens (including phenoxy) is 1. The Morgan fingerprint density at radius 3 is 2.49 bits per heavy atom. The third-order valence-electron chi connectivity index (χ3n) is 4.86. The van der Waals surface area contributed by atoms with Gasteiger partial charge in [-0.3, -0.25) is 4.72 Å². The zero-order valence-electron chi connectivity index (χ0n) is 18.5. The van der Waals surface area contributed by atoms with Crippen molar-refractivity contribution >= 4 is 41.2 Å². The summed E-state index contributed by atoms with van der Waals surface area (Å²) >= 11 is 0.871. The van der Waals surface area contributed by atoms with Crippen LogP contribution in [0, 0.1) is 13.8 Å². The maximum absolute atomic E-state index is 12.3. The van der Waals surface area contributed by atoms with E-state index in [9.17, 15) is 18.0 Å². The minimum Gasteiger partial charge on any atom is -0.436 e. The third kappa shape index (κ3) is 6.33. The molecular weight excluding hydrogens is 481 g/mol.